The quantitative estimate of drug-likeness (QED) is 0.521. The van der Waals surface area contributed by atoms with Crippen molar-refractivity contribution in [2.75, 3.05) is 13.1 Å². The van der Waals surface area contributed by atoms with Gasteiger partial charge in [0.15, 0.2) is 5.69 Å². The molecule has 0 bridgehead atoms. The first-order valence-electron chi connectivity index (χ1n) is 5.68. The minimum Gasteiger partial charge on any atom is -0.364 e. The van der Waals surface area contributed by atoms with Gasteiger partial charge in [0.05, 0.1) is 0 Å². The van der Waals surface area contributed by atoms with Crippen LogP contribution in [0.2, 0.25) is 0 Å². The Morgan fingerprint density at radius 3 is 2.68 bits per heavy atom. The van der Waals surface area contributed by atoms with E-state index in [1.807, 2.05) is 0 Å². The van der Waals surface area contributed by atoms with Crippen molar-refractivity contribution in [3.05, 3.63) is 17.5 Å². The number of primary amides is 2. The highest BCUT2D eigenvalue weighted by atomic mass is 16.2. The van der Waals surface area contributed by atoms with Crippen LogP contribution in [0, 0.1) is 0 Å². The van der Waals surface area contributed by atoms with Crippen molar-refractivity contribution < 1.29 is 14.4 Å². The third kappa shape index (κ3) is 2.81. The van der Waals surface area contributed by atoms with Crippen LogP contribution in [0.5, 0.6) is 0 Å². The van der Waals surface area contributed by atoms with Crippen molar-refractivity contribution >= 4 is 17.8 Å². The van der Waals surface area contributed by atoms with E-state index in [9.17, 15) is 14.4 Å². The van der Waals surface area contributed by atoms with Gasteiger partial charge in [0.2, 0.25) is 0 Å². The summed E-state index contributed by atoms with van der Waals surface area (Å²) in [5, 5.41) is 8.76. The molecule has 6 N–H and O–H groups in total. The number of nitrogens with two attached hydrogens (primary N) is 2. The van der Waals surface area contributed by atoms with Crippen molar-refractivity contribution in [3.8, 4) is 0 Å². The van der Waals surface area contributed by atoms with E-state index in [1.165, 1.54) is 11.0 Å². The fourth-order valence-electron chi connectivity index (χ4n) is 1.91. The minimum absolute atomic E-state index is 0.00432. The fraction of sp³-hybridized carbons (Fsp3) is 0.400. The number of carbonyl (C=O) groups excluding carboxylic acids is 3. The summed E-state index contributed by atoms with van der Waals surface area (Å²) in [4.78, 5) is 35.1. The molecule has 9 nitrogen and oxygen atoms in total. The van der Waals surface area contributed by atoms with E-state index in [2.05, 4.69) is 15.5 Å². The molecule has 1 atom stereocenters. The largest absolute Gasteiger partial charge is 0.364 e. The molecule has 1 saturated heterocycles. The van der Waals surface area contributed by atoms with Gasteiger partial charge in [-0.1, -0.05) is 0 Å². The summed E-state index contributed by atoms with van der Waals surface area (Å²) in [7, 11) is 0. The van der Waals surface area contributed by atoms with E-state index in [4.69, 9.17) is 11.5 Å². The van der Waals surface area contributed by atoms with Crippen LogP contribution in [0.15, 0.2) is 6.07 Å². The number of hydrogen-bond donors (Lipinski definition) is 4. The van der Waals surface area contributed by atoms with Crippen molar-refractivity contribution in [2.45, 2.75) is 12.5 Å². The number of likely N-dealkylation sites (tertiary alicyclic amines) is 1. The average molecular weight is 266 g/mol. The van der Waals surface area contributed by atoms with Crippen LogP contribution < -0.4 is 16.8 Å². The summed E-state index contributed by atoms with van der Waals surface area (Å²) in [6.07, 6.45) is 0.630. The van der Waals surface area contributed by atoms with Gasteiger partial charge in [0.25, 0.3) is 11.8 Å². The predicted octanol–water partition coefficient (Wildman–Crippen LogP) is -1.61. The van der Waals surface area contributed by atoms with Gasteiger partial charge in [0, 0.05) is 25.2 Å². The van der Waals surface area contributed by atoms with Crippen LogP contribution in [-0.4, -0.2) is 52.1 Å². The highest BCUT2D eigenvalue weighted by molar-refractivity contribution is 5.97. The molecule has 19 heavy (non-hydrogen) atoms. The normalized spacial score (nSPS) is 18.3. The number of aromatic nitrogens is 2. The van der Waals surface area contributed by atoms with E-state index in [0.29, 0.717) is 19.5 Å². The van der Waals surface area contributed by atoms with Crippen molar-refractivity contribution in [1.82, 2.24) is 20.4 Å². The molecule has 0 radical (unpaired) electrons. The lowest BCUT2D eigenvalue weighted by molar-refractivity contribution is 0.0932. The zero-order chi connectivity index (χ0) is 14.0. The van der Waals surface area contributed by atoms with Gasteiger partial charge < -0.3 is 21.7 Å². The third-order valence-electron chi connectivity index (χ3n) is 2.91. The van der Waals surface area contributed by atoms with E-state index in [1.54, 1.807) is 0 Å². The molecule has 0 saturated carbocycles. The monoisotopic (exact) mass is 266 g/mol. The van der Waals surface area contributed by atoms with Crippen molar-refractivity contribution in [1.29, 1.82) is 0 Å². The SMILES string of the molecule is NC(=O)c1cc(C(=O)NC2CCN(C(N)=O)C2)[nH]n1. The topological polar surface area (TPSA) is 147 Å². The molecule has 0 spiro atoms. The summed E-state index contributed by atoms with van der Waals surface area (Å²) in [6, 6.07) is 0.605. The molecule has 0 aromatic carbocycles. The van der Waals surface area contributed by atoms with Crippen LogP contribution >= 0.6 is 0 Å². The maximum absolute atomic E-state index is 11.8. The van der Waals surface area contributed by atoms with Crippen LogP contribution in [0.3, 0.4) is 0 Å². The second-order valence-corrected chi connectivity index (χ2v) is 4.27. The minimum atomic E-state index is -0.712. The Hall–Kier alpha value is -2.58. The van der Waals surface area contributed by atoms with Gasteiger partial charge in [-0.15, -0.1) is 0 Å². The highest BCUT2D eigenvalue weighted by Crippen LogP contribution is 2.09. The summed E-state index contributed by atoms with van der Waals surface area (Å²) in [5.74, 6) is -1.12. The van der Waals surface area contributed by atoms with Gasteiger partial charge >= 0.3 is 6.03 Å². The molecule has 2 heterocycles. The second kappa shape index (κ2) is 4.96. The Morgan fingerprint density at radius 2 is 2.16 bits per heavy atom. The number of hydrogen-bond acceptors (Lipinski definition) is 4. The lowest BCUT2D eigenvalue weighted by atomic mass is 10.2. The fourth-order valence-corrected chi connectivity index (χ4v) is 1.91. The number of nitrogens with zero attached hydrogens (tertiary/aromatic N) is 2. The molecule has 1 fully saturated rings. The van der Waals surface area contributed by atoms with Crippen LogP contribution in [0.1, 0.15) is 27.4 Å². The number of aromatic amines is 1. The number of urea groups is 1. The third-order valence-corrected chi connectivity index (χ3v) is 2.91. The molecule has 1 aliphatic rings. The molecular formula is C10H14N6O3. The number of carbonyl (C=O) groups is 3. The molecule has 1 aromatic rings. The molecule has 102 valence electrons. The molecule has 1 aromatic heterocycles. The van der Waals surface area contributed by atoms with E-state index >= 15 is 0 Å². The maximum atomic E-state index is 11.8. The lowest BCUT2D eigenvalue weighted by Crippen LogP contribution is -2.40. The molecular weight excluding hydrogens is 252 g/mol. The standard InChI is InChI=1S/C10H14N6O3/c11-8(17)6-3-7(15-14-6)9(18)13-5-1-2-16(4-5)10(12)19/h3,5H,1-2,4H2,(H2,11,17)(H2,12,19)(H,13,18)(H,14,15). The number of H-pyrrole nitrogens is 1. The number of nitrogens with one attached hydrogen (secondary N) is 2. The molecule has 4 amide bonds. The summed E-state index contributed by atoms with van der Waals surface area (Å²) in [5.41, 5.74) is 10.3. The Labute approximate surface area is 108 Å². The molecule has 2 rings (SSSR count). The molecule has 0 aliphatic carbocycles. The highest BCUT2D eigenvalue weighted by Gasteiger charge is 2.26. The van der Waals surface area contributed by atoms with E-state index in [-0.39, 0.29) is 17.4 Å². The summed E-state index contributed by atoms with van der Waals surface area (Å²) in [6.45, 7) is 0.883. The number of amides is 4. The van der Waals surface area contributed by atoms with Gasteiger partial charge in [-0.2, -0.15) is 5.10 Å². The Balaban J connectivity index is 1.94. The average Bonchev–Trinajstić information content (AvgIpc) is 2.96. The summed E-state index contributed by atoms with van der Waals surface area (Å²) >= 11 is 0. The smallest absolute Gasteiger partial charge is 0.314 e. The molecule has 1 unspecified atom stereocenters. The van der Waals surface area contributed by atoms with E-state index in [0.717, 1.165) is 0 Å². The van der Waals surface area contributed by atoms with Gasteiger partial charge in [-0.25, -0.2) is 4.79 Å². The van der Waals surface area contributed by atoms with Crippen LogP contribution in [0.4, 0.5) is 4.79 Å². The van der Waals surface area contributed by atoms with Crippen LogP contribution in [0.25, 0.3) is 0 Å². The summed E-state index contributed by atoms with van der Waals surface area (Å²) < 4.78 is 0. The van der Waals surface area contributed by atoms with Crippen LogP contribution in [-0.2, 0) is 0 Å². The Kier molecular flexibility index (Phi) is 3.36. The molecule has 1 aliphatic heterocycles. The maximum Gasteiger partial charge on any atom is 0.314 e. The first-order valence-corrected chi connectivity index (χ1v) is 5.68. The number of rotatable bonds is 3. The zero-order valence-corrected chi connectivity index (χ0v) is 10.0. The van der Waals surface area contributed by atoms with Crippen molar-refractivity contribution in [2.24, 2.45) is 11.5 Å². The second-order valence-electron chi connectivity index (χ2n) is 4.27. The van der Waals surface area contributed by atoms with Crippen molar-refractivity contribution in [3.63, 3.8) is 0 Å². The zero-order valence-electron chi connectivity index (χ0n) is 10.0. The lowest BCUT2D eigenvalue weighted by Gasteiger charge is -2.13. The van der Waals surface area contributed by atoms with E-state index < -0.39 is 17.8 Å². The first-order chi connectivity index (χ1) is 8.97. The molecule has 9 heteroatoms. The van der Waals surface area contributed by atoms with Gasteiger partial charge in [-0.05, 0) is 6.42 Å². The van der Waals surface area contributed by atoms with Gasteiger partial charge in [0.1, 0.15) is 5.69 Å². The van der Waals surface area contributed by atoms with Gasteiger partial charge in [-0.3, -0.25) is 14.7 Å². The first kappa shape index (κ1) is 12.9. The Bertz CT molecular complexity index is 525. The predicted molar refractivity (Wildman–Crippen MR) is 64.1 cm³/mol. The Morgan fingerprint density at radius 1 is 1.42 bits per heavy atom.